The third-order valence-corrected chi connectivity index (χ3v) is 6.00. The number of carbonyl (C=O) groups is 1. The monoisotopic (exact) mass is 467 g/mol. The summed E-state index contributed by atoms with van der Waals surface area (Å²) in [6, 6.07) is 18.9. The maximum Gasteiger partial charge on any atom is 0.310 e. The fourth-order valence-corrected chi connectivity index (χ4v) is 4.13. The Morgan fingerprint density at radius 3 is 2.12 bits per heavy atom. The number of aromatic nitrogens is 1. The summed E-state index contributed by atoms with van der Waals surface area (Å²) in [7, 11) is 1.66. The molecule has 4 aromatic rings. The SMILES string of the molecule is COc1ccc2[nH]c(C)c(CC(=O)OCc3ccc(Cl)cc3)c2c1Cc1ccc(Cl)cc1. The number of hydrogen-bond donors (Lipinski definition) is 1. The highest BCUT2D eigenvalue weighted by Crippen LogP contribution is 2.34. The van der Waals surface area contributed by atoms with Gasteiger partial charge < -0.3 is 14.5 Å². The molecule has 0 spiro atoms. The molecule has 0 atom stereocenters. The van der Waals surface area contributed by atoms with Gasteiger partial charge in [0.1, 0.15) is 12.4 Å². The van der Waals surface area contributed by atoms with Crippen LogP contribution in [0.1, 0.15) is 27.9 Å². The molecule has 0 saturated carbocycles. The third-order valence-electron chi connectivity index (χ3n) is 5.49. The highest BCUT2D eigenvalue weighted by atomic mass is 35.5. The van der Waals surface area contributed by atoms with Gasteiger partial charge >= 0.3 is 5.97 Å². The van der Waals surface area contributed by atoms with Gasteiger partial charge in [-0.2, -0.15) is 0 Å². The Balaban J connectivity index is 1.63. The fourth-order valence-electron chi connectivity index (χ4n) is 3.88. The predicted octanol–water partition coefficient (Wildman–Crippen LogP) is 6.67. The number of rotatable bonds is 7. The molecule has 0 amide bonds. The number of hydrogen-bond acceptors (Lipinski definition) is 3. The van der Waals surface area contributed by atoms with Crippen LogP contribution in [0.3, 0.4) is 0 Å². The fraction of sp³-hybridized carbons (Fsp3) is 0.192. The largest absolute Gasteiger partial charge is 0.496 e. The van der Waals surface area contributed by atoms with Crippen molar-refractivity contribution in [3.63, 3.8) is 0 Å². The number of esters is 1. The summed E-state index contributed by atoms with van der Waals surface area (Å²) in [5, 5.41) is 2.34. The van der Waals surface area contributed by atoms with Gasteiger partial charge in [-0.05, 0) is 60.0 Å². The molecule has 32 heavy (non-hydrogen) atoms. The molecule has 6 heteroatoms. The topological polar surface area (TPSA) is 51.3 Å². The molecule has 0 aliphatic rings. The predicted molar refractivity (Wildman–Crippen MR) is 129 cm³/mol. The van der Waals surface area contributed by atoms with Gasteiger partial charge in [0.2, 0.25) is 0 Å². The second kappa shape index (κ2) is 9.68. The van der Waals surface area contributed by atoms with Gasteiger partial charge in [0, 0.05) is 38.6 Å². The lowest BCUT2D eigenvalue weighted by molar-refractivity contribution is -0.144. The van der Waals surface area contributed by atoms with Crippen molar-refractivity contribution in [1.82, 2.24) is 4.98 Å². The Bertz CT molecular complexity index is 1250. The highest BCUT2D eigenvalue weighted by molar-refractivity contribution is 6.30. The van der Waals surface area contributed by atoms with E-state index in [1.165, 1.54) is 0 Å². The molecule has 0 radical (unpaired) electrons. The van der Waals surface area contributed by atoms with Crippen LogP contribution in [0.25, 0.3) is 10.9 Å². The molecule has 0 aliphatic carbocycles. The molecule has 1 heterocycles. The maximum atomic E-state index is 12.7. The molecule has 0 unspecified atom stereocenters. The van der Waals surface area contributed by atoms with E-state index in [4.69, 9.17) is 32.7 Å². The molecular formula is C26H23Cl2NO3. The first-order valence-electron chi connectivity index (χ1n) is 10.3. The van der Waals surface area contributed by atoms with Gasteiger partial charge in [-0.15, -0.1) is 0 Å². The normalized spacial score (nSPS) is 11.0. The van der Waals surface area contributed by atoms with Crippen LogP contribution in [0.2, 0.25) is 10.0 Å². The Morgan fingerprint density at radius 1 is 0.875 bits per heavy atom. The summed E-state index contributed by atoms with van der Waals surface area (Å²) < 4.78 is 11.2. The number of carbonyl (C=O) groups excluding carboxylic acids is 1. The van der Waals surface area contributed by atoms with E-state index in [0.29, 0.717) is 16.5 Å². The first-order chi connectivity index (χ1) is 15.4. The van der Waals surface area contributed by atoms with Crippen molar-refractivity contribution in [1.29, 1.82) is 0 Å². The molecule has 0 aliphatic heterocycles. The smallest absolute Gasteiger partial charge is 0.310 e. The van der Waals surface area contributed by atoms with E-state index in [0.717, 1.165) is 44.6 Å². The number of fused-ring (bicyclic) bond motifs is 1. The van der Waals surface area contributed by atoms with Crippen LogP contribution in [0, 0.1) is 6.92 Å². The number of halogens is 2. The van der Waals surface area contributed by atoms with Gasteiger partial charge in [0.25, 0.3) is 0 Å². The van der Waals surface area contributed by atoms with Crippen molar-refractivity contribution in [3.05, 3.63) is 98.7 Å². The molecule has 0 bridgehead atoms. The van der Waals surface area contributed by atoms with Crippen LogP contribution >= 0.6 is 23.2 Å². The van der Waals surface area contributed by atoms with Crippen molar-refractivity contribution in [2.24, 2.45) is 0 Å². The summed E-state index contributed by atoms with van der Waals surface area (Å²) in [5.74, 6) is 0.492. The molecule has 1 aromatic heterocycles. The van der Waals surface area contributed by atoms with Crippen LogP contribution in [-0.4, -0.2) is 18.1 Å². The molecule has 4 nitrogen and oxygen atoms in total. The van der Waals surface area contributed by atoms with Crippen molar-refractivity contribution in [2.75, 3.05) is 7.11 Å². The van der Waals surface area contributed by atoms with Crippen LogP contribution in [-0.2, 0) is 29.0 Å². The number of aromatic amines is 1. The minimum absolute atomic E-state index is 0.167. The minimum atomic E-state index is -0.288. The lowest BCUT2D eigenvalue weighted by Crippen LogP contribution is -2.09. The average molecular weight is 468 g/mol. The standard InChI is InChI=1S/C26H23Cl2NO3/c1-16-21(14-25(30)32-15-18-5-9-20(28)10-6-18)26-22(13-17-3-7-19(27)8-4-17)24(31-2)12-11-23(26)29-16/h3-12,29H,13-15H2,1-2H3. The average Bonchev–Trinajstić information content (AvgIpc) is 3.10. The van der Waals surface area contributed by atoms with E-state index in [1.54, 1.807) is 19.2 Å². The van der Waals surface area contributed by atoms with Gasteiger partial charge in [-0.25, -0.2) is 0 Å². The van der Waals surface area contributed by atoms with E-state index >= 15 is 0 Å². The summed E-state index contributed by atoms with van der Waals surface area (Å²) in [5.41, 5.74) is 5.85. The number of nitrogens with one attached hydrogen (secondary N) is 1. The van der Waals surface area contributed by atoms with E-state index in [1.807, 2.05) is 55.5 Å². The van der Waals surface area contributed by atoms with Crippen LogP contribution in [0.4, 0.5) is 0 Å². The summed E-state index contributed by atoms with van der Waals surface area (Å²) >= 11 is 12.0. The second-order valence-corrected chi connectivity index (χ2v) is 8.54. The highest BCUT2D eigenvalue weighted by Gasteiger charge is 2.19. The van der Waals surface area contributed by atoms with E-state index < -0.39 is 0 Å². The third kappa shape index (κ3) is 4.93. The van der Waals surface area contributed by atoms with Crippen molar-refractivity contribution in [2.45, 2.75) is 26.4 Å². The van der Waals surface area contributed by atoms with E-state index in [-0.39, 0.29) is 19.0 Å². The van der Waals surface area contributed by atoms with Gasteiger partial charge in [0.05, 0.1) is 13.5 Å². The van der Waals surface area contributed by atoms with Crippen LogP contribution in [0.5, 0.6) is 5.75 Å². The number of ether oxygens (including phenoxy) is 2. The molecule has 0 saturated heterocycles. The van der Waals surface area contributed by atoms with Gasteiger partial charge in [-0.3, -0.25) is 4.79 Å². The zero-order valence-electron chi connectivity index (χ0n) is 17.9. The minimum Gasteiger partial charge on any atom is -0.496 e. The van der Waals surface area contributed by atoms with Gasteiger partial charge in [-0.1, -0.05) is 47.5 Å². The molecule has 4 rings (SSSR count). The number of benzene rings is 3. The lowest BCUT2D eigenvalue weighted by Gasteiger charge is -2.13. The van der Waals surface area contributed by atoms with Crippen molar-refractivity contribution in [3.8, 4) is 5.75 Å². The van der Waals surface area contributed by atoms with E-state index in [9.17, 15) is 4.79 Å². The van der Waals surface area contributed by atoms with Crippen LogP contribution < -0.4 is 4.74 Å². The second-order valence-electron chi connectivity index (χ2n) is 7.66. The zero-order valence-corrected chi connectivity index (χ0v) is 19.4. The molecule has 3 aromatic carbocycles. The van der Waals surface area contributed by atoms with Gasteiger partial charge in [0.15, 0.2) is 0 Å². The van der Waals surface area contributed by atoms with Crippen molar-refractivity contribution >= 4 is 40.1 Å². The maximum absolute atomic E-state index is 12.7. The molecular weight excluding hydrogens is 445 g/mol. The number of H-pyrrole nitrogens is 1. The summed E-state index contributed by atoms with van der Waals surface area (Å²) in [6.07, 6.45) is 0.821. The quantitative estimate of drug-likeness (QED) is 0.308. The lowest BCUT2D eigenvalue weighted by atomic mass is 9.96. The zero-order chi connectivity index (χ0) is 22.7. The summed E-state index contributed by atoms with van der Waals surface area (Å²) in [6.45, 7) is 2.18. The Labute approximate surface area is 197 Å². The first kappa shape index (κ1) is 22.3. The first-order valence-corrected chi connectivity index (χ1v) is 11.0. The number of aryl methyl sites for hydroxylation is 1. The molecule has 164 valence electrons. The molecule has 1 N–H and O–H groups in total. The van der Waals surface area contributed by atoms with E-state index in [2.05, 4.69) is 4.98 Å². The Kier molecular flexibility index (Phi) is 6.73. The summed E-state index contributed by atoms with van der Waals surface area (Å²) in [4.78, 5) is 16.1. The molecule has 0 fully saturated rings. The number of methoxy groups -OCH3 is 1. The Hall–Kier alpha value is -2.95. The van der Waals surface area contributed by atoms with Crippen LogP contribution in [0.15, 0.2) is 60.7 Å². The Morgan fingerprint density at radius 2 is 1.50 bits per heavy atom. The van der Waals surface area contributed by atoms with Crippen molar-refractivity contribution < 1.29 is 14.3 Å².